The van der Waals surface area contributed by atoms with Crippen LogP contribution < -0.4 is 5.32 Å². The van der Waals surface area contributed by atoms with Gasteiger partial charge in [-0.1, -0.05) is 30.3 Å². The number of hydrogen-bond donors (Lipinski definition) is 2. The highest BCUT2D eigenvalue weighted by molar-refractivity contribution is 9.11. The van der Waals surface area contributed by atoms with Gasteiger partial charge in [-0.15, -0.1) is 0 Å². The van der Waals surface area contributed by atoms with E-state index in [1.807, 2.05) is 18.2 Å². The van der Waals surface area contributed by atoms with Crippen LogP contribution in [0.4, 0.5) is 4.79 Å². The van der Waals surface area contributed by atoms with Gasteiger partial charge in [0.1, 0.15) is 6.61 Å². The lowest BCUT2D eigenvalue weighted by Crippen LogP contribution is -2.34. The van der Waals surface area contributed by atoms with Gasteiger partial charge < -0.3 is 15.2 Å². The van der Waals surface area contributed by atoms with Crippen LogP contribution in [0.15, 0.2) is 51.5 Å². The van der Waals surface area contributed by atoms with Gasteiger partial charge in [0, 0.05) is 15.1 Å². The quantitative estimate of drug-likeness (QED) is 0.736. The van der Waals surface area contributed by atoms with Crippen LogP contribution in [0.5, 0.6) is 0 Å². The number of rotatable bonds is 5. The molecule has 6 nitrogen and oxygen atoms in total. The van der Waals surface area contributed by atoms with E-state index in [1.54, 1.807) is 18.2 Å². The van der Waals surface area contributed by atoms with Crippen molar-refractivity contribution in [3.05, 3.63) is 62.8 Å². The fourth-order valence-corrected chi connectivity index (χ4v) is 2.98. The smallest absolute Gasteiger partial charge is 0.408 e. The fourth-order valence-electron chi connectivity index (χ4n) is 1.77. The standard InChI is InChI=1S/C15H12Br2N2O4/c16-10-6-11(17)12(18-7-10)13(14(20)21)19-15(22)23-8-9-4-2-1-3-5-9/h1-7,13H,8H2,(H,19,22)(H,20,21). The van der Waals surface area contributed by atoms with Gasteiger partial charge in [-0.25, -0.2) is 9.59 Å². The lowest BCUT2D eigenvalue weighted by Gasteiger charge is -2.15. The van der Waals surface area contributed by atoms with Gasteiger partial charge >= 0.3 is 12.1 Å². The summed E-state index contributed by atoms with van der Waals surface area (Å²) in [5.41, 5.74) is 0.981. The number of amides is 1. The molecule has 0 radical (unpaired) electrons. The Hall–Kier alpha value is -1.93. The number of carbonyl (C=O) groups is 2. The maximum Gasteiger partial charge on any atom is 0.408 e. The first-order valence-corrected chi connectivity index (χ1v) is 8.07. The normalized spacial score (nSPS) is 11.6. The molecule has 1 amide bonds. The van der Waals surface area contributed by atoms with Gasteiger partial charge in [0.15, 0.2) is 6.04 Å². The maximum atomic E-state index is 11.8. The molecule has 2 N–H and O–H groups in total. The number of benzene rings is 1. The zero-order valence-electron chi connectivity index (χ0n) is 11.7. The van der Waals surface area contributed by atoms with Crippen LogP contribution in [0.1, 0.15) is 17.3 Å². The Bertz CT molecular complexity index is 710. The average Bonchev–Trinajstić information content (AvgIpc) is 2.52. The van der Waals surface area contributed by atoms with E-state index in [0.717, 1.165) is 5.56 Å². The van der Waals surface area contributed by atoms with Crippen molar-refractivity contribution in [3.63, 3.8) is 0 Å². The largest absolute Gasteiger partial charge is 0.479 e. The minimum absolute atomic E-state index is 0.0496. The molecule has 1 atom stereocenters. The van der Waals surface area contributed by atoms with Crippen LogP contribution in [0, 0.1) is 0 Å². The van der Waals surface area contributed by atoms with Crippen molar-refractivity contribution >= 4 is 43.9 Å². The van der Waals surface area contributed by atoms with Gasteiger partial charge in [0.05, 0.1) is 5.69 Å². The zero-order chi connectivity index (χ0) is 16.8. The Morgan fingerprint density at radius 2 is 1.96 bits per heavy atom. The van der Waals surface area contributed by atoms with Gasteiger partial charge in [-0.05, 0) is 43.5 Å². The molecular weight excluding hydrogens is 432 g/mol. The first kappa shape index (κ1) is 17.4. The van der Waals surface area contributed by atoms with Crippen LogP contribution in [0.25, 0.3) is 0 Å². The molecule has 0 spiro atoms. The second-order valence-corrected chi connectivity index (χ2v) is 6.27. The van der Waals surface area contributed by atoms with Gasteiger partial charge in [-0.2, -0.15) is 0 Å². The molecular formula is C15H12Br2N2O4. The molecule has 1 aromatic heterocycles. The number of carboxylic acids is 1. The van der Waals surface area contributed by atoms with Gasteiger partial charge in [0.25, 0.3) is 0 Å². The molecule has 1 aromatic carbocycles. The molecule has 0 saturated carbocycles. The third kappa shape index (κ3) is 5.04. The number of nitrogens with one attached hydrogen (secondary N) is 1. The SMILES string of the molecule is O=C(NC(C(=O)O)c1ncc(Br)cc1Br)OCc1ccccc1. The Morgan fingerprint density at radius 3 is 2.57 bits per heavy atom. The molecule has 0 saturated heterocycles. The summed E-state index contributed by atoms with van der Waals surface area (Å²) in [5, 5.41) is 11.6. The number of pyridine rings is 1. The number of nitrogens with zero attached hydrogens (tertiary/aromatic N) is 1. The minimum Gasteiger partial charge on any atom is -0.479 e. The van der Waals surface area contributed by atoms with Crippen molar-refractivity contribution in [3.8, 4) is 0 Å². The molecule has 23 heavy (non-hydrogen) atoms. The lowest BCUT2D eigenvalue weighted by atomic mass is 10.2. The minimum atomic E-state index is -1.32. The van der Waals surface area contributed by atoms with E-state index in [0.29, 0.717) is 8.95 Å². The number of ether oxygens (including phenoxy) is 1. The molecule has 120 valence electrons. The average molecular weight is 444 g/mol. The maximum absolute atomic E-state index is 11.8. The van der Waals surface area contributed by atoms with Crippen LogP contribution in [-0.2, 0) is 16.1 Å². The van der Waals surface area contributed by atoms with E-state index in [2.05, 4.69) is 42.2 Å². The molecule has 0 aliphatic heterocycles. The summed E-state index contributed by atoms with van der Waals surface area (Å²) in [4.78, 5) is 27.3. The van der Waals surface area contributed by atoms with Crippen molar-refractivity contribution in [1.82, 2.24) is 10.3 Å². The summed E-state index contributed by atoms with van der Waals surface area (Å²) < 4.78 is 6.17. The van der Waals surface area contributed by atoms with Crippen LogP contribution >= 0.6 is 31.9 Å². The molecule has 8 heteroatoms. The number of hydrogen-bond acceptors (Lipinski definition) is 4. The molecule has 1 unspecified atom stereocenters. The number of aliphatic carboxylic acids is 1. The molecule has 2 rings (SSSR count). The molecule has 0 aliphatic carbocycles. The third-order valence-electron chi connectivity index (χ3n) is 2.83. The lowest BCUT2D eigenvalue weighted by molar-refractivity contribution is -0.139. The number of halogens is 2. The van der Waals surface area contributed by atoms with Crippen molar-refractivity contribution in [2.24, 2.45) is 0 Å². The Morgan fingerprint density at radius 1 is 1.26 bits per heavy atom. The molecule has 2 aromatic rings. The first-order chi connectivity index (χ1) is 11.0. The Balaban J connectivity index is 2.04. The predicted octanol–water partition coefficient (Wildman–Crippen LogP) is 3.66. The summed E-state index contributed by atoms with van der Waals surface area (Å²) in [6.07, 6.45) is 0.616. The van der Waals surface area contributed by atoms with Crippen LogP contribution in [0.2, 0.25) is 0 Å². The summed E-state index contributed by atoms with van der Waals surface area (Å²) >= 11 is 6.47. The molecule has 0 bridgehead atoms. The highest BCUT2D eigenvalue weighted by atomic mass is 79.9. The second-order valence-electron chi connectivity index (χ2n) is 4.50. The van der Waals surface area contributed by atoms with E-state index in [-0.39, 0.29) is 12.3 Å². The summed E-state index contributed by atoms with van der Waals surface area (Å²) in [7, 11) is 0. The Kier molecular flexibility index (Phi) is 6.12. The topological polar surface area (TPSA) is 88.5 Å². The van der Waals surface area contributed by atoms with Crippen LogP contribution in [-0.4, -0.2) is 22.2 Å². The highest BCUT2D eigenvalue weighted by Gasteiger charge is 2.26. The molecule has 0 aliphatic rings. The van der Waals surface area contributed by atoms with Crippen LogP contribution in [0.3, 0.4) is 0 Å². The zero-order valence-corrected chi connectivity index (χ0v) is 14.9. The number of carbonyl (C=O) groups excluding carboxylic acids is 1. The first-order valence-electron chi connectivity index (χ1n) is 6.48. The van der Waals surface area contributed by atoms with E-state index >= 15 is 0 Å². The number of aromatic nitrogens is 1. The third-order valence-corrected chi connectivity index (χ3v) is 3.90. The van der Waals surface area contributed by atoms with Gasteiger partial charge in [0.2, 0.25) is 0 Å². The van der Waals surface area contributed by atoms with E-state index in [4.69, 9.17) is 4.74 Å². The summed E-state index contributed by atoms with van der Waals surface area (Å²) in [6, 6.07) is 9.42. The number of carboxylic acid groups (broad SMARTS) is 1. The van der Waals surface area contributed by atoms with Crippen molar-refractivity contribution < 1.29 is 19.4 Å². The number of alkyl carbamates (subject to hydrolysis) is 1. The monoisotopic (exact) mass is 442 g/mol. The molecule has 0 fully saturated rings. The summed E-state index contributed by atoms with van der Waals surface area (Å²) in [6.45, 7) is 0.0496. The Labute approximate surface area is 149 Å². The van der Waals surface area contributed by atoms with E-state index < -0.39 is 18.1 Å². The fraction of sp³-hybridized carbons (Fsp3) is 0.133. The van der Waals surface area contributed by atoms with Gasteiger partial charge in [-0.3, -0.25) is 4.98 Å². The van der Waals surface area contributed by atoms with Crippen molar-refractivity contribution in [2.45, 2.75) is 12.6 Å². The predicted molar refractivity (Wildman–Crippen MR) is 89.8 cm³/mol. The van der Waals surface area contributed by atoms with Crippen molar-refractivity contribution in [2.75, 3.05) is 0 Å². The summed E-state index contributed by atoms with van der Waals surface area (Å²) in [5.74, 6) is -1.24. The molecule has 1 heterocycles. The second kappa shape index (κ2) is 8.07. The van der Waals surface area contributed by atoms with E-state index in [1.165, 1.54) is 6.20 Å². The van der Waals surface area contributed by atoms with Crippen molar-refractivity contribution in [1.29, 1.82) is 0 Å². The van der Waals surface area contributed by atoms with E-state index in [9.17, 15) is 14.7 Å². The highest BCUT2D eigenvalue weighted by Crippen LogP contribution is 2.25.